The molecule has 2 aliphatic rings. The Hall–Kier alpha value is -2.17. The van der Waals surface area contributed by atoms with Crippen LogP contribution in [0.15, 0.2) is 35.6 Å². The summed E-state index contributed by atoms with van der Waals surface area (Å²) in [6.07, 6.45) is 9.99. The van der Waals surface area contributed by atoms with Gasteiger partial charge in [-0.15, -0.1) is 24.0 Å². The third-order valence-electron chi connectivity index (χ3n) is 6.58. The molecule has 1 unspecified atom stereocenters. The zero-order valence-corrected chi connectivity index (χ0v) is 21.7. The maximum absolute atomic E-state index is 14.6. The molecule has 2 fully saturated rings. The zero-order valence-electron chi connectivity index (χ0n) is 19.4. The maximum atomic E-state index is 14.6. The fourth-order valence-electron chi connectivity index (χ4n) is 4.75. The van der Waals surface area contributed by atoms with E-state index < -0.39 is 0 Å². The standard InChI is InChI=1S/C24H33FN6O.HI/c1-17-27-11-13-31(17)22-9-8-18(14-21(22)25)15-28-24(26-2)29-20-10-12-30(16-20)23(32)19-6-4-3-5-7-19;/h8-9,11,13-14,19-20H,3-7,10,12,15-16H2,1-2H3,(H2,26,28,29);1H. The van der Waals surface area contributed by atoms with Crippen LogP contribution in [-0.4, -0.2) is 52.5 Å². The second-order valence-electron chi connectivity index (χ2n) is 8.81. The first-order valence-corrected chi connectivity index (χ1v) is 11.6. The summed E-state index contributed by atoms with van der Waals surface area (Å²) in [6, 6.07) is 5.38. The summed E-state index contributed by atoms with van der Waals surface area (Å²) >= 11 is 0. The topological polar surface area (TPSA) is 74.6 Å². The van der Waals surface area contributed by atoms with Gasteiger partial charge in [0.25, 0.3) is 0 Å². The highest BCUT2D eigenvalue weighted by Crippen LogP contribution is 2.26. The van der Waals surface area contributed by atoms with Crippen LogP contribution in [0.2, 0.25) is 0 Å². The molecule has 1 aromatic carbocycles. The Morgan fingerprint density at radius 2 is 2.03 bits per heavy atom. The number of benzene rings is 1. The Balaban J connectivity index is 0.00000306. The summed E-state index contributed by atoms with van der Waals surface area (Å²) in [5, 5.41) is 6.68. The second kappa shape index (κ2) is 11.8. The molecule has 2 N–H and O–H groups in total. The van der Waals surface area contributed by atoms with Crippen LogP contribution in [0.25, 0.3) is 5.69 Å². The van der Waals surface area contributed by atoms with Crippen LogP contribution >= 0.6 is 24.0 Å². The van der Waals surface area contributed by atoms with Gasteiger partial charge in [0.05, 0.1) is 5.69 Å². The fraction of sp³-hybridized carbons (Fsp3) is 0.542. The minimum absolute atomic E-state index is 0. The van der Waals surface area contributed by atoms with Crippen molar-refractivity contribution in [3.63, 3.8) is 0 Å². The number of aliphatic imine (C=N–C) groups is 1. The molecule has 1 atom stereocenters. The van der Waals surface area contributed by atoms with Gasteiger partial charge in [0.15, 0.2) is 5.96 Å². The van der Waals surface area contributed by atoms with E-state index in [0.29, 0.717) is 30.6 Å². The molecule has 33 heavy (non-hydrogen) atoms. The van der Waals surface area contributed by atoms with Gasteiger partial charge in [-0.05, 0) is 43.9 Å². The van der Waals surface area contributed by atoms with Gasteiger partial charge in [-0.1, -0.05) is 25.3 Å². The van der Waals surface area contributed by atoms with Crippen molar-refractivity contribution in [2.24, 2.45) is 10.9 Å². The van der Waals surface area contributed by atoms with Gasteiger partial charge in [-0.25, -0.2) is 9.37 Å². The largest absolute Gasteiger partial charge is 0.352 e. The lowest BCUT2D eigenvalue weighted by atomic mass is 9.88. The first kappa shape index (κ1) is 25.5. The number of aromatic nitrogens is 2. The predicted octanol–water partition coefficient (Wildman–Crippen LogP) is 3.78. The van der Waals surface area contributed by atoms with E-state index in [2.05, 4.69) is 20.6 Å². The van der Waals surface area contributed by atoms with E-state index in [1.807, 2.05) is 17.9 Å². The number of carbonyl (C=O) groups excluding carboxylic acids is 1. The van der Waals surface area contributed by atoms with Crippen molar-refractivity contribution < 1.29 is 9.18 Å². The van der Waals surface area contributed by atoms with Crippen LogP contribution in [0.4, 0.5) is 4.39 Å². The van der Waals surface area contributed by atoms with E-state index in [9.17, 15) is 9.18 Å². The number of guanidine groups is 1. The van der Waals surface area contributed by atoms with Crippen molar-refractivity contribution in [1.82, 2.24) is 25.1 Å². The average molecular weight is 568 g/mol. The van der Waals surface area contributed by atoms with Gasteiger partial charge in [0.2, 0.25) is 5.91 Å². The van der Waals surface area contributed by atoms with Crippen LogP contribution in [-0.2, 0) is 11.3 Å². The number of likely N-dealkylation sites (tertiary alicyclic amines) is 1. The smallest absolute Gasteiger partial charge is 0.225 e. The molecule has 7 nitrogen and oxygen atoms in total. The molecule has 1 aliphatic carbocycles. The first-order valence-electron chi connectivity index (χ1n) is 11.6. The number of nitrogens with one attached hydrogen (secondary N) is 2. The Labute approximate surface area is 212 Å². The quantitative estimate of drug-likeness (QED) is 0.327. The van der Waals surface area contributed by atoms with E-state index in [1.165, 1.54) is 25.3 Å². The molecular formula is C24H34FIN6O. The van der Waals surface area contributed by atoms with Crippen LogP contribution in [0.1, 0.15) is 49.9 Å². The number of hydrogen-bond donors (Lipinski definition) is 2. The molecule has 1 saturated carbocycles. The lowest BCUT2D eigenvalue weighted by molar-refractivity contribution is -0.135. The first-order chi connectivity index (χ1) is 15.5. The molecule has 2 aromatic rings. The Morgan fingerprint density at radius 1 is 1.24 bits per heavy atom. The molecule has 1 amide bonds. The average Bonchev–Trinajstić information content (AvgIpc) is 3.46. The van der Waals surface area contributed by atoms with Crippen LogP contribution in [0.3, 0.4) is 0 Å². The van der Waals surface area contributed by atoms with Crippen LogP contribution in [0, 0.1) is 18.7 Å². The monoisotopic (exact) mass is 568 g/mol. The number of rotatable bonds is 5. The molecule has 0 bridgehead atoms. The van der Waals surface area contributed by atoms with Crippen molar-refractivity contribution >= 4 is 35.8 Å². The second-order valence-corrected chi connectivity index (χ2v) is 8.81. The van der Waals surface area contributed by atoms with E-state index >= 15 is 0 Å². The lowest BCUT2D eigenvalue weighted by Crippen LogP contribution is -2.45. The molecule has 9 heteroatoms. The fourth-order valence-corrected chi connectivity index (χ4v) is 4.75. The SMILES string of the molecule is CN=C(NCc1ccc(-n2ccnc2C)c(F)c1)NC1CCN(C(=O)C2CCCCC2)C1.I. The van der Waals surface area contributed by atoms with Gasteiger partial charge >= 0.3 is 0 Å². The number of nitrogens with zero attached hydrogens (tertiary/aromatic N) is 4. The Kier molecular flexibility index (Phi) is 9.10. The highest BCUT2D eigenvalue weighted by atomic mass is 127. The third kappa shape index (κ3) is 6.24. The maximum Gasteiger partial charge on any atom is 0.225 e. The van der Waals surface area contributed by atoms with E-state index in [4.69, 9.17) is 0 Å². The van der Waals surface area contributed by atoms with Crippen molar-refractivity contribution in [3.05, 3.63) is 47.8 Å². The number of hydrogen-bond acceptors (Lipinski definition) is 3. The summed E-state index contributed by atoms with van der Waals surface area (Å²) in [5.74, 6) is 1.65. The van der Waals surface area contributed by atoms with Crippen LogP contribution < -0.4 is 10.6 Å². The molecule has 0 spiro atoms. The van der Waals surface area contributed by atoms with Gasteiger partial charge < -0.3 is 20.1 Å². The Bertz CT molecular complexity index is 972. The number of amides is 1. The van der Waals surface area contributed by atoms with Crippen molar-refractivity contribution in [2.75, 3.05) is 20.1 Å². The van der Waals surface area contributed by atoms with Gasteiger partial charge in [-0.3, -0.25) is 9.79 Å². The summed E-state index contributed by atoms with van der Waals surface area (Å²) in [7, 11) is 1.72. The molecule has 180 valence electrons. The predicted molar refractivity (Wildman–Crippen MR) is 139 cm³/mol. The molecule has 2 heterocycles. The molecule has 1 saturated heterocycles. The minimum atomic E-state index is -0.291. The minimum Gasteiger partial charge on any atom is -0.352 e. The molecule has 1 aliphatic heterocycles. The highest BCUT2D eigenvalue weighted by Gasteiger charge is 2.31. The van der Waals surface area contributed by atoms with Crippen LogP contribution in [0.5, 0.6) is 0 Å². The number of aryl methyl sites for hydroxylation is 1. The molecule has 4 rings (SSSR count). The van der Waals surface area contributed by atoms with Crippen molar-refractivity contribution in [2.45, 2.75) is 58.0 Å². The summed E-state index contributed by atoms with van der Waals surface area (Å²) in [5.41, 5.74) is 1.31. The normalized spacial score (nSPS) is 19.3. The van der Waals surface area contributed by atoms with Crippen molar-refractivity contribution in [3.8, 4) is 5.69 Å². The molecule has 0 radical (unpaired) electrons. The Morgan fingerprint density at radius 3 is 2.70 bits per heavy atom. The van der Waals surface area contributed by atoms with E-state index in [-0.39, 0.29) is 41.8 Å². The highest BCUT2D eigenvalue weighted by molar-refractivity contribution is 14.0. The molecule has 1 aromatic heterocycles. The van der Waals surface area contributed by atoms with Gasteiger partial charge in [-0.2, -0.15) is 0 Å². The third-order valence-corrected chi connectivity index (χ3v) is 6.58. The van der Waals surface area contributed by atoms with E-state index in [0.717, 1.165) is 37.2 Å². The molecular weight excluding hydrogens is 534 g/mol. The number of carbonyl (C=O) groups is 1. The summed E-state index contributed by atoms with van der Waals surface area (Å²) in [6.45, 7) is 3.81. The van der Waals surface area contributed by atoms with E-state index in [1.54, 1.807) is 30.1 Å². The van der Waals surface area contributed by atoms with Crippen molar-refractivity contribution in [1.29, 1.82) is 0 Å². The lowest BCUT2D eigenvalue weighted by Gasteiger charge is -2.26. The number of halogens is 2. The zero-order chi connectivity index (χ0) is 22.5. The summed E-state index contributed by atoms with van der Waals surface area (Å²) in [4.78, 5) is 23.3. The number of imidazole rings is 1. The van der Waals surface area contributed by atoms with Gasteiger partial charge in [0.1, 0.15) is 11.6 Å². The van der Waals surface area contributed by atoms with Gasteiger partial charge in [0, 0.05) is 51.0 Å². The summed E-state index contributed by atoms with van der Waals surface area (Å²) < 4.78 is 16.4.